The van der Waals surface area contributed by atoms with E-state index in [0.29, 0.717) is 6.54 Å². The zero-order valence-corrected chi connectivity index (χ0v) is 12.5. The van der Waals surface area contributed by atoms with Crippen LogP contribution in [-0.2, 0) is 6.54 Å². The molecule has 5 heteroatoms. The Morgan fingerprint density at radius 3 is 2.70 bits per heavy atom. The zero-order chi connectivity index (χ0) is 14.5. The molecule has 0 unspecified atom stereocenters. The van der Waals surface area contributed by atoms with Crippen LogP contribution in [0.5, 0.6) is 5.75 Å². The number of nitrogens with zero attached hydrogens (tertiary/aromatic N) is 1. The Hall–Kier alpha value is -1.75. The summed E-state index contributed by atoms with van der Waals surface area (Å²) in [6, 6.07) is 4.14. The van der Waals surface area contributed by atoms with E-state index in [2.05, 4.69) is 22.8 Å². The van der Waals surface area contributed by atoms with Gasteiger partial charge in [0.15, 0.2) is 0 Å². The summed E-state index contributed by atoms with van der Waals surface area (Å²) in [5.74, 6) is 0.858. The normalized spacial score (nSPS) is 15.1. The lowest BCUT2D eigenvalue weighted by atomic mass is 10.1. The summed E-state index contributed by atoms with van der Waals surface area (Å²) in [5, 5.41) is 6.21. The Kier molecular flexibility index (Phi) is 4.84. The molecule has 1 heterocycles. The Labute approximate surface area is 120 Å². The molecule has 0 spiro atoms. The van der Waals surface area contributed by atoms with Gasteiger partial charge < -0.3 is 20.3 Å². The highest BCUT2D eigenvalue weighted by atomic mass is 16.5. The first-order chi connectivity index (χ1) is 9.61. The topological polar surface area (TPSA) is 53.6 Å². The van der Waals surface area contributed by atoms with Crippen molar-refractivity contribution in [3.05, 3.63) is 28.8 Å². The Balaban J connectivity index is 2.01. The number of nitrogens with one attached hydrogen (secondary N) is 2. The van der Waals surface area contributed by atoms with Crippen molar-refractivity contribution < 1.29 is 9.53 Å². The lowest BCUT2D eigenvalue weighted by Gasteiger charge is -2.27. The molecule has 0 aromatic heterocycles. The highest BCUT2D eigenvalue weighted by Gasteiger charge is 2.16. The van der Waals surface area contributed by atoms with Crippen molar-refractivity contribution in [1.29, 1.82) is 0 Å². The molecule has 2 amide bonds. The molecule has 1 saturated heterocycles. The fourth-order valence-electron chi connectivity index (χ4n) is 2.62. The van der Waals surface area contributed by atoms with Crippen molar-refractivity contribution in [3.8, 4) is 5.75 Å². The minimum atomic E-state index is -0.00675. The Morgan fingerprint density at radius 1 is 1.35 bits per heavy atom. The molecule has 2 N–H and O–H groups in total. The summed E-state index contributed by atoms with van der Waals surface area (Å²) in [6.07, 6.45) is 0. The highest BCUT2D eigenvalue weighted by Crippen LogP contribution is 2.24. The van der Waals surface area contributed by atoms with E-state index < -0.39 is 0 Å². The number of methoxy groups -OCH3 is 1. The van der Waals surface area contributed by atoms with Gasteiger partial charge in [0.1, 0.15) is 5.75 Å². The van der Waals surface area contributed by atoms with Gasteiger partial charge in [-0.05, 0) is 19.4 Å². The van der Waals surface area contributed by atoms with Crippen LogP contribution in [0.2, 0.25) is 0 Å². The van der Waals surface area contributed by atoms with Crippen molar-refractivity contribution in [2.24, 2.45) is 0 Å². The molecule has 0 saturated carbocycles. The number of rotatable bonds is 3. The molecule has 0 bridgehead atoms. The van der Waals surface area contributed by atoms with Gasteiger partial charge in [0.05, 0.1) is 7.11 Å². The van der Waals surface area contributed by atoms with Gasteiger partial charge in [-0.2, -0.15) is 0 Å². The van der Waals surface area contributed by atoms with Crippen LogP contribution in [0, 0.1) is 13.8 Å². The third kappa shape index (κ3) is 3.42. The number of benzene rings is 1. The molecular weight excluding hydrogens is 254 g/mol. The first-order valence-electron chi connectivity index (χ1n) is 6.99. The van der Waals surface area contributed by atoms with Crippen molar-refractivity contribution in [2.45, 2.75) is 20.4 Å². The number of carbonyl (C=O) groups is 1. The fraction of sp³-hybridized carbons (Fsp3) is 0.533. The van der Waals surface area contributed by atoms with E-state index in [1.165, 1.54) is 5.56 Å². The summed E-state index contributed by atoms with van der Waals surface area (Å²) in [5.41, 5.74) is 3.29. The van der Waals surface area contributed by atoms with Crippen LogP contribution in [0.3, 0.4) is 0 Å². The van der Waals surface area contributed by atoms with E-state index in [9.17, 15) is 4.79 Å². The predicted molar refractivity (Wildman–Crippen MR) is 79.1 cm³/mol. The summed E-state index contributed by atoms with van der Waals surface area (Å²) in [7, 11) is 1.67. The molecule has 5 nitrogen and oxygen atoms in total. The Morgan fingerprint density at radius 2 is 2.05 bits per heavy atom. The average Bonchev–Trinajstić information content (AvgIpc) is 2.45. The van der Waals surface area contributed by atoms with Crippen LogP contribution < -0.4 is 15.4 Å². The smallest absolute Gasteiger partial charge is 0.317 e. The Bertz CT molecular complexity index is 482. The van der Waals surface area contributed by atoms with Crippen LogP contribution in [0.1, 0.15) is 16.7 Å². The van der Waals surface area contributed by atoms with Gasteiger partial charge in [0, 0.05) is 38.3 Å². The maximum absolute atomic E-state index is 12.1. The van der Waals surface area contributed by atoms with Gasteiger partial charge in [-0.3, -0.25) is 0 Å². The summed E-state index contributed by atoms with van der Waals surface area (Å²) >= 11 is 0. The van der Waals surface area contributed by atoms with E-state index in [4.69, 9.17) is 4.74 Å². The monoisotopic (exact) mass is 277 g/mol. The lowest BCUT2D eigenvalue weighted by Crippen LogP contribution is -2.50. The molecular formula is C15H23N3O2. The molecule has 110 valence electrons. The van der Waals surface area contributed by atoms with Gasteiger partial charge in [-0.1, -0.05) is 17.7 Å². The molecule has 0 atom stereocenters. The number of amides is 2. The van der Waals surface area contributed by atoms with Crippen molar-refractivity contribution >= 4 is 6.03 Å². The standard InChI is InChI=1S/C15H23N3O2/c1-11-8-12(2)14(20-3)13(9-11)10-17-15(19)18-6-4-16-5-7-18/h8-9,16H,4-7,10H2,1-3H3,(H,17,19). The van der Waals surface area contributed by atoms with Crippen LogP contribution in [0.4, 0.5) is 4.79 Å². The van der Waals surface area contributed by atoms with E-state index in [1.807, 2.05) is 18.7 Å². The third-order valence-corrected chi connectivity index (χ3v) is 3.53. The summed E-state index contributed by atoms with van der Waals surface area (Å²) < 4.78 is 5.43. The molecule has 1 aliphatic rings. The van der Waals surface area contributed by atoms with Gasteiger partial charge in [-0.25, -0.2) is 4.79 Å². The van der Waals surface area contributed by atoms with E-state index >= 15 is 0 Å². The number of hydrogen-bond donors (Lipinski definition) is 2. The number of hydrogen-bond acceptors (Lipinski definition) is 3. The molecule has 0 radical (unpaired) electrons. The number of piperazine rings is 1. The number of urea groups is 1. The first kappa shape index (κ1) is 14.7. The zero-order valence-electron chi connectivity index (χ0n) is 12.5. The van der Waals surface area contributed by atoms with E-state index in [-0.39, 0.29) is 6.03 Å². The summed E-state index contributed by atoms with van der Waals surface area (Å²) in [4.78, 5) is 13.9. The molecule has 2 rings (SSSR count). The minimum Gasteiger partial charge on any atom is -0.496 e. The first-order valence-corrected chi connectivity index (χ1v) is 6.99. The van der Waals surface area contributed by atoms with Crippen molar-refractivity contribution in [2.75, 3.05) is 33.3 Å². The SMILES string of the molecule is COc1c(C)cc(C)cc1CNC(=O)N1CCNCC1. The molecule has 1 fully saturated rings. The molecule has 0 aliphatic carbocycles. The molecule has 1 aliphatic heterocycles. The quantitative estimate of drug-likeness (QED) is 0.879. The summed E-state index contributed by atoms with van der Waals surface area (Å²) in [6.45, 7) is 7.81. The second-order valence-corrected chi connectivity index (χ2v) is 5.17. The number of carbonyl (C=O) groups excluding carboxylic acids is 1. The predicted octanol–water partition coefficient (Wildman–Crippen LogP) is 1.43. The maximum Gasteiger partial charge on any atom is 0.317 e. The van der Waals surface area contributed by atoms with Crippen molar-refractivity contribution in [1.82, 2.24) is 15.5 Å². The van der Waals surface area contributed by atoms with Crippen LogP contribution >= 0.6 is 0 Å². The van der Waals surface area contributed by atoms with Crippen LogP contribution in [-0.4, -0.2) is 44.2 Å². The van der Waals surface area contributed by atoms with Gasteiger partial charge in [0.25, 0.3) is 0 Å². The molecule has 20 heavy (non-hydrogen) atoms. The van der Waals surface area contributed by atoms with E-state index in [0.717, 1.165) is 43.1 Å². The van der Waals surface area contributed by atoms with Crippen LogP contribution in [0.25, 0.3) is 0 Å². The van der Waals surface area contributed by atoms with Crippen LogP contribution in [0.15, 0.2) is 12.1 Å². The maximum atomic E-state index is 12.1. The minimum absolute atomic E-state index is 0.00675. The van der Waals surface area contributed by atoms with E-state index in [1.54, 1.807) is 7.11 Å². The number of aryl methyl sites for hydroxylation is 2. The second kappa shape index (κ2) is 6.61. The van der Waals surface area contributed by atoms with Gasteiger partial charge in [0.2, 0.25) is 0 Å². The average molecular weight is 277 g/mol. The fourth-order valence-corrected chi connectivity index (χ4v) is 2.62. The van der Waals surface area contributed by atoms with Gasteiger partial charge in [-0.15, -0.1) is 0 Å². The number of ether oxygens (including phenoxy) is 1. The second-order valence-electron chi connectivity index (χ2n) is 5.17. The highest BCUT2D eigenvalue weighted by molar-refractivity contribution is 5.74. The van der Waals surface area contributed by atoms with Crippen molar-refractivity contribution in [3.63, 3.8) is 0 Å². The molecule has 1 aromatic rings. The molecule has 1 aromatic carbocycles. The lowest BCUT2D eigenvalue weighted by molar-refractivity contribution is 0.189. The third-order valence-electron chi connectivity index (χ3n) is 3.53. The van der Waals surface area contributed by atoms with Gasteiger partial charge >= 0.3 is 6.03 Å². The largest absolute Gasteiger partial charge is 0.496 e.